The topological polar surface area (TPSA) is 44.9 Å². The fraction of sp³-hybridized carbons (Fsp3) is 0.333. The molecule has 19 heavy (non-hydrogen) atoms. The number of benzene rings is 1. The second kappa shape index (κ2) is 4.97. The average Bonchev–Trinajstić information content (AvgIpc) is 2.97. The summed E-state index contributed by atoms with van der Waals surface area (Å²) in [5.41, 5.74) is 3.26. The quantitative estimate of drug-likeness (QED) is 0.911. The summed E-state index contributed by atoms with van der Waals surface area (Å²) in [5, 5.41) is 12.4. The van der Waals surface area contributed by atoms with Crippen LogP contribution in [0.25, 0.3) is 0 Å². The number of nitrogens with zero attached hydrogens (tertiary/aromatic N) is 3. The lowest BCUT2D eigenvalue weighted by atomic mass is 10.0. The Bertz CT molecular complexity index is 573. The van der Waals surface area contributed by atoms with Crippen LogP contribution in [0.15, 0.2) is 42.7 Å². The first-order valence-corrected chi connectivity index (χ1v) is 6.54. The summed E-state index contributed by atoms with van der Waals surface area (Å²) in [7, 11) is 1.92. The molecule has 4 nitrogen and oxygen atoms in total. The van der Waals surface area contributed by atoms with Gasteiger partial charge in [0.05, 0.1) is 6.20 Å². The van der Waals surface area contributed by atoms with E-state index in [1.54, 1.807) is 0 Å². The summed E-state index contributed by atoms with van der Waals surface area (Å²) in [6.45, 7) is 2.59. The molecule has 2 aromatic rings. The molecule has 0 aliphatic carbocycles. The fourth-order valence-corrected chi connectivity index (χ4v) is 2.67. The monoisotopic (exact) mass is 254 g/mol. The van der Waals surface area contributed by atoms with E-state index in [0.29, 0.717) is 0 Å². The van der Waals surface area contributed by atoms with E-state index >= 15 is 0 Å². The number of nitrogens with one attached hydrogen (secondary N) is 1. The summed E-state index contributed by atoms with van der Waals surface area (Å²) in [4.78, 5) is 2.33. The Balaban J connectivity index is 1.70. The van der Waals surface area contributed by atoms with Crippen LogP contribution in [0.2, 0.25) is 0 Å². The first-order chi connectivity index (χ1) is 9.22. The number of hydrogen-bond donors (Lipinski definition) is 1. The third-order valence-electron chi connectivity index (χ3n) is 3.63. The van der Waals surface area contributed by atoms with Crippen molar-refractivity contribution < 1.29 is 0 Å². The van der Waals surface area contributed by atoms with Crippen LogP contribution >= 0.6 is 0 Å². The Morgan fingerprint density at radius 3 is 2.79 bits per heavy atom. The molecule has 1 aromatic carbocycles. The Labute approximate surface area is 113 Å². The van der Waals surface area contributed by atoms with Crippen molar-refractivity contribution in [1.29, 1.82) is 5.41 Å². The van der Waals surface area contributed by atoms with E-state index in [1.165, 1.54) is 5.56 Å². The molecule has 1 aliphatic heterocycles. The largest absolute Gasteiger partial charge is 0.308 e. The van der Waals surface area contributed by atoms with E-state index in [-0.39, 0.29) is 5.92 Å². The van der Waals surface area contributed by atoms with E-state index in [9.17, 15) is 0 Å². The molecule has 1 saturated heterocycles. The van der Waals surface area contributed by atoms with Crippen LogP contribution in [0, 0.1) is 5.41 Å². The summed E-state index contributed by atoms with van der Waals surface area (Å²) in [6, 6.07) is 10.4. The Kier molecular flexibility index (Phi) is 3.17. The number of hydrogen-bond acceptors (Lipinski definition) is 3. The standard InChI is InChI=1S/C15H18N4/c1-18-9-13(7-17-18)14-10-19(11-15(14)16)8-12-5-3-2-4-6-12/h2-7,9,14,16H,8,10-11H2,1H3/t14-/m0/s1. The molecule has 1 aromatic heterocycles. The number of likely N-dealkylation sites (tertiary alicyclic amines) is 1. The third-order valence-corrected chi connectivity index (χ3v) is 3.63. The van der Waals surface area contributed by atoms with Crippen molar-refractivity contribution in [2.24, 2.45) is 7.05 Å². The Morgan fingerprint density at radius 2 is 2.11 bits per heavy atom. The molecular formula is C15H18N4. The molecular weight excluding hydrogens is 236 g/mol. The van der Waals surface area contributed by atoms with Gasteiger partial charge in [0, 0.05) is 50.1 Å². The zero-order valence-corrected chi connectivity index (χ0v) is 11.1. The number of rotatable bonds is 3. The highest BCUT2D eigenvalue weighted by molar-refractivity contribution is 5.92. The molecule has 0 unspecified atom stereocenters. The summed E-state index contributed by atoms with van der Waals surface area (Å²) in [5.74, 6) is 0.206. The molecule has 1 N–H and O–H groups in total. The molecule has 0 radical (unpaired) electrons. The van der Waals surface area contributed by atoms with Gasteiger partial charge in [0.2, 0.25) is 0 Å². The van der Waals surface area contributed by atoms with Crippen molar-refractivity contribution in [1.82, 2.24) is 14.7 Å². The lowest BCUT2D eigenvalue weighted by molar-refractivity contribution is 0.332. The second-order valence-corrected chi connectivity index (χ2v) is 5.18. The SMILES string of the molecule is Cn1cc([C@@H]2CN(Cc3ccccc3)CC2=N)cn1. The summed E-state index contributed by atoms with van der Waals surface area (Å²) >= 11 is 0. The van der Waals surface area contributed by atoms with Crippen LogP contribution in [-0.2, 0) is 13.6 Å². The maximum atomic E-state index is 8.17. The van der Waals surface area contributed by atoms with Crippen LogP contribution in [0.3, 0.4) is 0 Å². The third kappa shape index (κ3) is 2.58. The maximum Gasteiger partial charge on any atom is 0.0528 e. The summed E-state index contributed by atoms with van der Waals surface area (Å²) < 4.78 is 1.81. The molecule has 1 atom stereocenters. The average molecular weight is 254 g/mol. The van der Waals surface area contributed by atoms with Gasteiger partial charge in [-0.05, 0) is 5.56 Å². The van der Waals surface area contributed by atoms with E-state index < -0.39 is 0 Å². The molecule has 1 aliphatic rings. The highest BCUT2D eigenvalue weighted by Crippen LogP contribution is 2.25. The van der Waals surface area contributed by atoms with Crippen LogP contribution in [-0.4, -0.2) is 33.5 Å². The van der Waals surface area contributed by atoms with E-state index in [0.717, 1.165) is 30.9 Å². The predicted octanol–water partition coefficient (Wildman–Crippen LogP) is 2.04. The zero-order valence-electron chi connectivity index (χ0n) is 11.1. The molecule has 0 bridgehead atoms. The minimum Gasteiger partial charge on any atom is -0.308 e. The lowest BCUT2D eigenvalue weighted by Crippen LogP contribution is -2.20. The Morgan fingerprint density at radius 1 is 1.32 bits per heavy atom. The van der Waals surface area contributed by atoms with E-state index in [1.807, 2.05) is 30.2 Å². The van der Waals surface area contributed by atoms with Crippen LogP contribution in [0.4, 0.5) is 0 Å². The van der Waals surface area contributed by atoms with Crippen molar-refractivity contribution in [3.05, 3.63) is 53.9 Å². The minimum atomic E-state index is 0.206. The molecule has 2 heterocycles. The fourth-order valence-electron chi connectivity index (χ4n) is 2.67. The molecule has 0 saturated carbocycles. The molecule has 0 amide bonds. The highest BCUT2D eigenvalue weighted by Gasteiger charge is 2.29. The van der Waals surface area contributed by atoms with Gasteiger partial charge in [0.1, 0.15) is 0 Å². The normalized spacial score (nSPS) is 20.1. The maximum absolute atomic E-state index is 8.17. The van der Waals surface area contributed by atoms with Crippen molar-refractivity contribution >= 4 is 5.71 Å². The Hall–Kier alpha value is -1.94. The highest BCUT2D eigenvalue weighted by atomic mass is 15.2. The van der Waals surface area contributed by atoms with Crippen LogP contribution < -0.4 is 0 Å². The molecule has 98 valence electrons. The summed E-state index contributed by atoms with van der Waals surface area (Å²) in [6.07, 6.45) is 3.90. The van der Waals surface area contributed by atoms with E-state index in [2.05, 4.69) is 34.3 Å². The van der Waals surface area contributed by atoms with Crippen LogP contribution in [0.1, 0.15) is 17.0 Å². The first-order valence-electron chi connectivity index (χ1n) is 6.54. The second-order valence-electron chi connectivity index (χ2n) is 5.18. The van der Waals surface area contributed by atoms with E-state index in [4.69, 9.17) is 5.41 Å². The van der Waals surface area contributed by atoms with Crippen molar-refractivity contribution in [2.75, 3.05) is 13.1 Å². The van der Waals surface area contributed by atoms with Gasteiger partial charge in [-0.15, -0.1) is 0 Å². The van der Waals surface area contributed by atoms with Gasteiger partial charge in [-0.1, -0.05) is 30.3 Å². The van der Waals surface area contributed by atoms with Gasteiger partial charge in [0.25, 0.3) is 0 Å². The van der Waals surface area contributed by atoms with Crippen LogP contribution in [0.5, 0.6) is 0 Å². The van der Waals surface area contributed by atoms with Gasteiger partial charge in [-0.25, -0.2) is 0 Å². The van der Waals surface area contributed by atoms with Crippen molar-refractivity contribution in [3.63, 3.8) is 0 Å². The number of aromatic nitrogens is 2. The molecule has 0 spiro atoms. The minimum absolute atomic E-state index is 0.206. The van der Waals surface area contributed by atoms with Crippen molar-refractivity contribution in [2.45, 2.75) is 12.5 Å². The van der Waals surface area contributed by atoms with Crippen molar-refractivity contribution in [3.8, 4) is 0 Å². The zero-order chi connectivity index (χ0) is 13.2. The van der Waals surface area contributed by atoms with Gasteiger partial charge >= 0.3 is 0 Å². The van der Waals surface area contributed by atoms with Gasteiger partial charge in [-0.3, -0.25) is 9.58 Å². The smallest absolute Gasteiger partial charge is 0.0528 e. The molecule has 4 heteroatoms. The lowest BCUT2D eigenvalue weighted by Gasteiger charge is -2.14. The van der Waals surface area contributed by atoms with Gasteiger partial charge in [0.15, 0.2) is 0 Å². The number of aryl methyl sites for hydroxylation is 1. The molecule has 3 rings (SSSR count). The van der Waals surface area contributed by atoms with Gasteiger partial charge < -0.3 is 5.41 Å². The predicted molar refractivity (Wildman–Crippen MR) is 75.4 cm³/mol. The molecule has 1 fully saturated rings. The van der Waals surface area contributed by atoms with Gasteiger partial charge in [-0.2, -0.15) is 5.10 Å². The first kappa shape index (κ1) is 12.1.